The van der Waals surface area contributed by atoms with Gasteiger partial charge in [0.05, 0.1) is 5.69 Å². The first kappa shape index (κ1) is 17.9. The van der Waals surface area contributed by atoms with Gasteiger partial charge < -0.3 is 5.32 Å². The number of alkyl halides is 1. The molecular formula is C19H17F3N4S. The van der Waals surface area contributed by atoms with Gasteiger partial charge in [-0.15, -0.1) is 10.2 Å². The molecule has 0 unspecified atom stereocenters. The number of hydrogen-bond acceptors (Lipinski definition) is 5. The maximum Gasteiger partial charge on any atom is 0.206 e. The van der Waals surface area contributed by atoms with E-state index in [1.54, 1.807) is 12.1 Å². The minimum Gasteiger partial charge on any atom is -0.359 e. The van der Waals surface area contributed by atoms with Crippen LogP contribution in [-0.2, 0) is 5.41 Å². The second-order valence-corrected chi connectivity index (χ2v) is 7.85. The van der Waals surface area contributed by atoms with Crippen LogP contribution in [0.1, 0.15) is 24.1 Å². The summed E-state index contributed by atoms with van der Waals surface area (Å²) >= 11 is 1.20. The maximum atomic E-state index is 14.2. The highest BCUT2D eigenvalue weighted by atomic mass is 32.1. The van der Waals surface area contributed by atoms with Gasteiger partial charge in [0.15, 0.2) is 5.01 Å². The number of anilines is 1. The molecule has 140 valence electrons. The number of aryl methyl sites for hydroxylation is 1. The van der Waals surface area contributed by atoms with Crippen molar-refractivity contribution in [2.24, 2.45) is 0 Å². The zero-order valence-corrected chi connectivity index (χ0v) is 15.4. The van der Waals surface area contributed by atoms with Gasteiger partial charge in [-0.3, -0.25) is 4.98 Å². The highest BCUT2D eigenvalue weighted by molar-refractivity contribution is 7.18. The third kappa shape index (κ3) is 3.41. The molecule has 0 radical (unpaired) electrons. The number of nitrogens with one attached hydrogen (secondary N) is 1. The minimum atomic E-state index is -0.973. The zero-order chi connectivity index (χ0) is 19.0. The van der Waals surface area contributed by atoms with Crippen LogP contribution in [-0.4, -0.2) is 27.9 Å². The summed E-state index contributed by atoms with van der Waals surface area (Å²) in [5.74, 6) is -0.805. The van der Waals surface area contributed by atoms with Crippen LogP contribution in [0, 0.1) is 18.6 Å². The van der Waals surface area contributed by atoms with Crippen LogP contribution in [0.5, 0.6) is 0 Å². The molecule has 0 amide bonds. The molecule has 0 atom stereocenters. The number of pyridine rings is 1. The Morgan fingerprint density at radius 2 is 2.00 bits per heavy atom. The lowest BCUT2D eigenvalue weighted by Crippen LogP contribution is -2.48. The fraction of sp³-hybridized carbons (Fsp3) is 0.316. The maximum absolute atomic E-state index is 14.2. The van der Waals surface area contributed by atoms with Gasteiger partial charge in [0, 0.05) is 23.7 Å². The standard InChI is InChI=1S/C19H17F3N4S/c1-11-4-5-14(21)13(7-11)17-25-26-18(27-17)24-10-19(8-12(20)9-19)16-15(22)3-2-6-23-16/h2-7,12H,8-10H2,1H3,(H,24,26)/t12-,19-. The quantitative estimate of drug-likeness (QED) is 0.688. The van der Waals surface area contributed by atoms with E-state index in [2.05, 4.69) is 20.5 Å². The van der Waals surface area contributed by atoms with Crippen molar-refractivity contribution in [1.29, 1.82) is 0 Å². The largest absolute Gasteiger partial charge is 0.359 e. The van der Waals surface area contributed by atoms with Crippen molar-refractivity contribution in [2.75, 3.05) is 11.9 Å². The summed E-state index contributed by atoms with van der Waals surface area (Å²) in [5, 5.41) is 12.1. The van der Waals surface area contributed by atoms with Gasteiger partial charge in [-0.1, -0.05) is 23.0 Å². The molecule has 8 heteroatoms. The molecule has 3 aromatic rings. The Bertz CT molecular complexity index is 969. The molecule has 27 heavy (non-hydrogen) atoms. The van der Waals surface area contributed by atoms with Crippen molar-refractivity contribution in [1.82, 2.24) is 15.2 Å². The van der Waals surface area contributed by atoms with Crippen LogP contribution in [0.4, 0.5) is 18.3 Å². The Labute approximate surface area is 158 Å². The second-order valence-electron chi connectivity index (χ2n) is 6.87. The van der Waals surface area contributed by atoms with Crippen molar-refractivity contribution in [3.8, 4) is 10.6 Å². The van der Waals surface area contributed by atoms with E-state index in [9.17, 15) is 13.2 Å². The second kappa shape index (κ2) is 6.92. The molecule has 1 saturated carbocycles. The predicted octanol–water partition coefficient (Wildman–Crippen LogP) is 4.67. The molecule has 1 aromatic carbocycles. The van der Waals surface area contributed by atoms with E-state index < -0.39 is 17.4 Å². The van der Waals surface area contributed by atoms with Crippen molar-refractivity contribution in [3.05, 3.63) is 59.4 Å². The molecule has 4 nitrogen and oxygen atoms in total. The first-order valence-corrected chi connectivity index (χ1v) is 9.37. The third-order valence-electron chi connectivity index (χ3n) is 4.84. The number of hydrogen-bond donors (Lipinski definition) is 1. The molecule has 1 N–H and O–H groups in total. The number of rotatable bonds is 5. The van der Waals surface area contributed by atoms with Crippen LogP contribution in [0.25, 0.3) is 10.6 Å². The highest BCUT2D eigenvalue weighted by Crippen LogP contribution is 2.45. The molecule has 1 fully saturated rings. The van der Waals surface area contributed by atoms with Crippen LogP contribution >= 0.6 is 11.3 Å². The zero-order valence-electron chi connectivity index (χ0n) is 14.5. The van der Waals surface area contributed by atoms with Gasteiger partial charge in [-0.25, -0.2) is 13.2 Å². The monoisotopic (exact) mass is 390 g/mol. The van der Waals surface area contributed by atoms with Crippen LogP contribution in [0.3, 0.4) is 0 Å². The molecule has 0 spiro atoms. The summed E-state index contributed by atoms with van der Waals surface area (Å²) in [7, 11) is 0. The highest BCUT2D eigenvalue weighted by Gasteiger charge is 2.48. The average molecular weight is 390 g/mol. The van der Waals surface area contributed by atoms with Crippen molar-refractivity contribution >= 4 is 16.5 Å². The van der Waals surface area contributed by atoms with E-state index in [4.69, 9.17) is 0 Å². The molecule has 0 aliphatic heterocycles. The summed E-state index contributed by atoms with van der Waals surface area (Å²) in [6, 6.07) is 7.64. The summed E-state index contributed by atoms with van der Waals surface area (Å²) in [5.41, 5.74) is 0.856. The van der Waals surface area contributed by atoms with Gasteiger partial charge in [0.1, 0.15) is 17.8 Å². The first-order chi connectivity index (χ1) is 13.0. The van der Waals surface area contributed by atoms with E-state index in [1.807, 2.05) is 6.92 Å². The fourth-order valence-corrected chi connectivity index (χ4v) is 4.19. The van der Waals surface area contributed by atoms with E-state index >= 15 is 0 Å². The van der Waals surface area contributed by atoms with Gasteiger partial charge in [0.2, 0.25) is 5.13 Å². The van der Waals surface area contributed by atoms with Crippen molar-refractivity contribution < 1.29 is 13.2 Å². The Morgan fingerprint density at radius 1 is 1.19 bits per heavy atom. The summed E-state index contributed by atoms with van der Waals surface area (Å²) in [4.78, 5) is 4.13. The molecule has 0 saturated heterocycles. The summed E-state index contributed by atoms with van der Waals surface area (Å²) in [6.45, 7) is 2.16. The van der Waals surface area contributed by atoms with Crippen LogP contribution < -0.4 is 5.32 Å². The van der Waals surface area contributed by atoms with Crippen LogP contribution in [0.15, 0.2) is 36.5 Å². The van der Waals surface area contributed by atoms with Crippen molar-refractivity contribution in [2.45, 2.75) is 31.4 Å². The van der Waals surface area contributed by atoms with Gasteiger partial charge in [0.25, 0.3) is 0 Å². The Balaban J connectivity index is 1.54. The lowest BCUT2D eigenvalue weighted by atomic mass is 9.65. The minimum absolute atomic E-state index is 0.200. The smallest absolute Gasteiger partial charge is 0.206 e. The first-order valence-electron chi connectivity index (χ1n) is 8.56. The summed E-state index contributed by atoms with van der Waals surface area (Å²) in [6.07, 6.45) is 0.938. The average Bonchev–Trinajstić information content (AvgIpc) is 3.09. The SMILES string of the molecule is Cc1ccc(F)c(-c2nnc(NC[C@]3(c4ncccc4F)C[C@H](F)C3)s2)c1. The van der Waals surface area contributed by atoms with Gasteiger partial charge >= 0.3 is 0 Å². The van der Waals surface area contributed by atoms with Crippen molar-refractivity contribution in [3.63, 3.8) is 0 Å². The molecule has 2 aromatic heterocycles. The van der Waals surface area contributed by atoms with Gasteiger partial charge in [-0.2, -0.15) is 0 Å². The lowest BCUT2D eigenvalue weighted by molar-refractivity contribution is 0.0965. The van der Waals surface area contributed by atoms with Gasteiger partial charge in [-0.05, 0) is 44.0 Å². The summed E-state index contributed by atoms with van der Waals surface area (Å²) < 4.78 is 41.8. The van der Waals surface area contributed by atoms with E-state index in [1.165, 1.54) is 35.7 Å². The number of nitrogens with zero attached hydrogens (tertiary/aromatic N) is 3. The molecule has 1 aliphatic rings. The predicted molar refractivity (Wildman–Crippen MR) is 98.5 cm³/mol. The number of halogens is 3. The van der Waals surface area contributed by atoms with E-state index in [0.29, 0.717) is 15.7 Å². The molecular weight excluding hydrogens is 373 g/mol. The van der Waals surface area contributed by atoms with E-state index in [0.717, 1.165) is 5.56 Å². The normalized spacial score (nSPS) is 21.7. The number of benzene rings is 1. The fourth-order valence-electron chi connectivity index (χ4n) is 3.44. The molecule has 2 heterocycles. The van der Waals surface area contributed by atoms with E-state index in [-0.39, 0.29) is 30.9 Å². The third-order valence-corrected chi connectivity index (χ3v) is 5.75. The molecule has 1 aliphatic carbocycles. The molecule has 0 bridgehead atoms. The number of aromatic nitrogens is 3. The Morgan fingerprint density at radius 3 is 2.74 bits per heavy atom. The van der Waals surface area contributed by atoms with Crippen LogP contribution in [0.2, 0.25) is 0 Å². The topological polar surface area (TPSA) is 50.7 Å². The Hall–Kier alpha value is -2.48. The Kier molecular flexibility index (Phi) is 4.59. The molecule has 4 rings (SSSR count). The lowest BCUT2D eigenvalue weighted by Gasteiger charge is -2.43.